The summed E-state index contributed by atoms with van der Waals surface area (Å²) in [6.45, 7) is 0.261. The Morgan fingerprint density at radius 1 is 1.03 bits per heavy atom. The molecule has 2 heterocycles. The molecular weight excluding hydrogens is 495 g/mol. The molecule has 0 atom stereocenters. The van der Waals surface area contributed by atoms with Crippen LogP contribution in [-0.4, -0.2) is 15.7 Å². The quantitative estimate of drug-likeness (QED) is 0.189. The molecule has 0 bridgehead atoms. The molecular formula is C31H23FN4O3. The highest BCUT2D eigenvalue weighted by Gasteiger charge is 2.16. The molecule has 39 heavy (non-hydrogen) atoms. The number of carbonyl (C=O) groups excluding carboxylic acids is 1. The maximum atomic E-state index is 13.9. The van der Waals surface area contributed by atoms with Crippen LogP contribution in [0.25, 0.3) is 23.0 Å². The van der Waals surface area contributed by atoms with Gasteiger partial charge in [0.2, 0.25) is 0 Å². The van der Waals surface area contributed by atoms with Crippen molar-refractivity contribution in [3.8, 4) is 28.8 Å². The summed E-state index contributed by atoms with van der Waals surface area (Å²) in [7, 11) is 0. The third-order valence-electron chi connectivity index (χ3n) is 5.91. The molecule has 0 aliphatic heterocycles. The molecule has 1 N–H and O–H groups in total. The van der Waals surface area contributed by atoms with E-state index in [1.54, 1.807) is 53.3 Å². The number of nitrogens with one attached hydrogen (secondary N) is 1. The molecule has 7 nitrogen and oxygen atoms in total. The molecule has 0 saturated heterocycles. The van der Waals surface area contributed by atoms with E-state index in [9.17, 15) is 14.4 Å². The number of hydrogen-bond donors (Lipinski definition) is 1. The Balaban J connectivity index is 1.42. The molecule has 0 radical (unpaired) electrons. The Kier molecular flexibility index (Phi) is 7.61. The zero-order valence-corrected chi connectivity index (χ0v) is 20.8. The number of carbonyl (C=O) groups is 1. The van der Waals surface area contributed by atoms with Gasteiger partial charge in [-0.05, 0) is 60.7 Å². The van der Waals surface area contributed by atoms with Gasteiger partial charge in [-0.15, -0.1) is 0 Å². The Hall–Kier alpha value is -5.42. The number of benzene rings is 3. The van der Waals surface area contributed by atoms with E-state index in [-0.39, 0.29) is 24.5 Å². The van der Waals surface area contributed by atoms with Crippen LogP contribution in [0.1, 0.15) is 16.9 Å². The number of aromatic nitrogens is 2. The third-order valence-corrected chi connectivity index (χ3v) is 5.91. The normalized spacial score (nSPS) is 11.1. The predicted octanol–water partition coefficient (Wildman–Crippen LogP) is 6.07. The van der Waals surface area contributed by atoms with E-state index in [0.29, 0.717) is 28.3 Å². The van der Waals surface area contributed by atoms with Crippen molar-refractivity contribution in [2.24, 2.45) is 0 Å². The van der Waals surface area contributed by atoms with Gasteiger partial charge in [0.1, 0.15) is 35.6 Å². The monoisotopic (exact) mass is 518 g/mol. The summed E-state index contributed by atoms with van der Waals surface area (Å²) < 4.78 is 26.6. The van der Waals surface area contributed by atoms with Gasteiger partial charge >= 0.3 is 0 Å². The number of hydrogen-bond acceptors (Lipinski definition) is 5. The molecule has 0 fully saturated rings. The summed E-state index contributed by atoms with van der Waals surface area (Å²) in [6, 6.07) is 28.6. The summed E-state index contributed by atoms with van der Waals surface area (Å²) in [5.41, 5.74) is 3.13. The fraction of sp³-hybridized carbons (Fsp3) is 0.0645. The second-order valence-electron chi connectivity index (χ2n) is 8.55. The van der Waals surface area contributed by atoms with Gasteiger partial charge in [0.25, 0.3) is 5.91 Å². The van der Waals surface area contributed by atoms with Crippen molar-refractivity contribution in [3.05, 3.63) is 132 Å². The Labute approximate surface area is 224 Å². The van der Waals surface area contributed by atoms with Crippen molar-refractivity contribution in [1.82, 2.24) is 15.1 Å². The van der Waals surface area contributed by atoms with Crippen molar-refractivity contribution < 1.29 is 18.3 Å². The van der Waals surface area contributed by atoms with Crippen LogP contribution in [0.3, 0.4) is 0 Å². The molecule has 8 heteroatoms. The highest BCUT2D eigenvalue weighted by Crippen LogP contribution is 2.28. The van der Waals surface area contributed by atoms with Gasteiger partial charge in [-0.2, -0.15) is 10.4 Å². The number of para-hydroxylation sites is 1. The van der Waals surface area contributed by atoms with Gasteiger partial charge < -0.3 is 14.5 Å². The smallest absolute Gasteiger partial charge is 0.262 e. The predicted molar refractivity (Wildman–Crippen MR) is 144 cm³/mol. The second-order valence-corrected chi connectivity index (χ2v) is 8.55. The molecule has 5 aromatic rings. The zero-order valence-electron chi connectivity index (χ0n) is 20.8. The highest BCUT2D eigenvalue weighted by molar-refractivity contribution is 6.02. The maximum Gasteiger partial charge on any atom is 0.262 e. The number of halogens is 1. The van der Waals surface area contributed by atoms with Gasteiger partial charge in [0.15, 0.2) is 0 Å². The first-order valence-corrected chi connectivity index (χ1v) is 12.1. The minimum absolute atomic E-state index is 0.0692. The second kappa shape index (κ2) is 11.8. The highest BCUT2D eigenvalue weighted by atomic mass is 19.1. The lowest BCUT2D eigenvalue weighted by Gasteiger charge is -2.08. The largest absolute Gasteiger partial charge is 0.489 e. The van der Waals surface area contributed by atoms with E-state index in [2.05, 4.69) is 5.32 Å². The van der Waals surface area contributed by atoms with Crippen LogP contribution >= 0.6 is 0 Å². The summed E-state index contributed by atoms with van der Waals surface area (Å²) >= 11 is 0. The Morgan fingerprint density at radius 3 is 2.51 bits per heavy atom. The Bertz CT molecular complexity index is 1630. The van der Waals surface area contributed by atoms with E-state index < -0.39 is 5.91 Å². The van der Waals surface area contributed by atoms with E-state index >= 15 is 0 Å². The minimum Gasteiger partial charge on any atom is -0.489 e. The molecule has 0 unspecified atom stereocenters. The van der Waals surface area contributed by atoms with Crippen molar-refractivity contribution in [2.45, 2.75) is 13.2 Å². The SMILES string of the molecule is N#C/C(=C/c1cn(-c2ccccc2)nc1-c1ccc(OCc2ccccc2F)cc1)C(=O)NCc1ccco1. The van der Waals surface area contributed by atoms with E-state index in [4.69, 9.17) is 14.3 Å². The zero-order chi connectivity index (χ0) is 27.0. The molecule has 0 aliphatic carbocycles. The van der Waals surface area contributed by atoms with Gasteiger partial charge in [0.05, 0.1) is 24.2 Å². The topological polar surface area (TPSA) is 93.1 Å². The number of nitrogens with zero attached hydrogens (tertiary/aromatic N) is 3. The first-order valence-electron chi connectivity index (χ1n) is 12.1. The summed E-state index contributed by atoms with van der Waals surface area (Å²) in [4.78, 5) is 12.7. The van der Waals surface area contributed by atoms with Gasteiger partial charge in [0, 0.05) is 22.9 Å². The summed E-state index contributed by atoms with van der Waals surface area (Å²) in [5.74, 6) is 0.301. The lowest BCUT2D eigenvalue weighted by Crippen LogP contribution is -2.23. The van der Waals surface area contributed by atoms with Crippen LogP contribution < -0.4 is 10.1 Å². The average Bonchev–Trinajstić information content (AvgIpc) is 3.65. The molecule has 192 valence electrons. The van der Waals surface area contributed by atoms with E-state index in [0.717, 1.165) is 11.3 Å². The first-order chi connectivity index (χ1) is 19.1. The van der Waals surface area contributed by atoms with Crippen molar-refractivity contribution in [1.29, 1.82) is 5.26 Å². The van der Waals surface area contributed by atoms with Crippen molar-refractivity contribution >= 4 is 12.0 Å². The van der Waals surface area contributed by atoms with Crippen LogP contribution in [-0.2, 0) is 17.9 Å². The first kappa shape index (κ1) is 25.2. The third kappa shape index (κ3) is 6.12. The van der Waals surface area contributed by atoms with Crippen LogP contribution in [0.15, 0.2) is 113 Å². The number of amides is 1. The maximum absolute atomic E-state index is 13.9. The van der Waals surface area contributed by atoms with E-state index in [1.165, 1.54) is 18.4 Å². The fourth-order valence-electron chi connectivity index (χ4n) is 3.90. The van der Waals surface area contributed by atoms with Gasteiger partial charge in [-0.25, -0.2) is 9.07 Å². The van der Waals surface area contributed by atoms with Crippen molar-refractivity contribution in [3.63, 3.8) is 0 Å². The number of ether oxygens (including phenoxy) is 1. The van der Waals surface area contributed by atoms with Gasteiger partial charge in [-0.1, -0.05) is 36.4 Å². The standard InChI is InChI=1S/C31H23FN4O3/c32-29-11-5-4-7-23(29)21-39-27-14-12-22(13-15-27)30-25(20-36(35-30)26-8-2-1-3-9-26)17-24(18-33)31(37)34-19-28-10-6-16-38-28/h1-17,20H,19,21H2,(H,34,37)/b24-17-. The summed E-state index contributed by atoms with van der Waals surface area (Å²) in [5, 5.41) is 17.2. The molecule has 0 saturated carbocycles. The number of nitriles is 1. The van der Waals surface area contributed by atoms with Crippen LogP contribution in [0.5, 0.6) is 5.75 Å². The summed E-state index contributed by atoms with van der Waals surface area (Å²) in [6.07, 6.45) is 4.80. The molecule has 0 aliphatic rings. The number of rotatable bonds is 9. The molecule has 3 aromatic carbocycles. The van der Waals surface area contributed by atoms with E-state index in [1.807, 2.05) is 48.5 Å². The fourth-order valence-corrected chi connectivity index (χ4v) is 3.90. The minimum atomic E-state index is -0.524. The lowest BCUT2D eigenvalue weighted by atomic mass is 10.1. The molecule has 2 aromatic heterocycles. The number of furan rings is 1. The average molecular weight is 519 g/mol. The van der Waals surface area contributed by atoms with Crippen molar-refractivity contribution in [2.75, 3.05) is 0 Å². The van der Waals surface area contributed by atoms with Crippen LogP contribution in [0, 0.1) is 17.1 Å². The molecule has 0 spiro atoms. The van der Waals surface area contributed by atoms with Crippen LogP contribution in [0.2, 0.25) is 0 Å². The molecule has 5 rings (SSSR count). The van der Waals surface area contributed by atoms with Gasteiger partial charge in [-0.3, -0.25) is 4.79 Å². The Morgan fingerprint density at radius 2 is 1.79 bits per heavy atom. The van der Waals surface area contributed by atoms with Crippen LogP contribution in [0.4, 0.5) is 4.39 Å². The molecule has 1 amide bonds. The lowest BCUT2D eigenvalue weighted by molar-refractivity contribution is -0.117.